The van der Waals surface area contributed by atoms with Crippen LogP contribution >= 0.6 is 11.8 Å². The number of amides is 2. The summed E-state index contributed by atoms with van der Waals surface area (Å²) in [5, 5.41) is 10.1. The van der Waals surface area contributed by atoms with E-state index in [1.54, 1.807) is 34.6 Å². The third-order valence-corrected chi connectivity index (χ3v) is 10.1. The molecule has 0 aliphatic carbocycles. The van der Waals surface area contributed by atoms with Crippen LogP contribution in [0.25, 0.3) is 0 Å². The maximum absolute atomic E-state index is 14.6. The van der Waals surface area contributed by atoms with Crippen LogP contribution in [0.5, 0.6) is 0 Å². The van der Waals surface area contributed by atoms with Gasteiger partial charge in [0, 0.05) is 17.0 Å². The molecule has 3 fully saturated rings. The van der Waals surface area contributed by atoms with E-state index in [1.165, 1.54) is 6.08 Å². The number of rotatable bonds is 9. The van der Waals surface area contributed by atoms with Gasteiger partial charge in [-0.15, -0.1) is 18.3 Å². The number of aliphatic hydroxyl groups excluding tert-OH is 1. The van der Waals surface area contributed by atoms with E-state index in [0.717, 1.165) is 16.8 Å². The van der Waals surface area contributed by atoms with Crippen LogP contribution < -0.4 is 4.90 Å². The molecule has 3 aliphatic heterocycles. The molecule has 2 unspecified atom stereocenters. The fraction of sp³-hybridized carbons (Fsp3) is 0.536. The number of thioether (sulfide) groups is 1. The molecule has 1 spiro atoms. The largest absolute Gasteiger partial charge is 0.461 e. The monoisotopic (exact) mass is 512 g/mol. The predicted molar refractivity (Wildman–Crippen MR) is 142 cm³/mol. The van der Waals surface area contributed by atoms with Crippen molar-refractivity contribution in [2.24, 2.45) is 11.8 Å². The first kappa shape index (κ1) is 26.5. The summed E-state index contributed by atoms with van der Waals surface area (Å²) in [7, 11) is 0. The van der Waals surface area contributed by atoms with Crippen molar-refractivity contribution >= 4 is 35.2 Å². The van der Waals surface area contributed by atoms with Gasteiger partial charge in [0.2, 0.25) is 5.91 Å². The summed E-state index contributed by atoms with van der Waals surface area (Å²) in [6, 6.07) is 4.48. The highest BCUT2D eigenvalue weighted by atomic mass is 32.2. The van der Waals surface area contributed by atoms with E-state index in [-0.39, 0.29) is 31.6 Å². The number of nitrogens with zero attached hydrogens (tertiary/aromatic N) is 2. The lowest BCUT2D eigenvalue weighted by atomic mass is 9.66. The van der Waals surface area contributed by atoms with E-state index in [9.17, 15) is 19.5 Å². The molecule has 0 aromatic heterocycles. The highest BCUT2D eigenvalue weighted by Gasteiger charge is 2.78. The first-order valence-corrected chi connectivity index (χ1v) is 13.3. The number of fused-ring (bicyclic) bond motifs is 1. The van der Waals surface area contributed by atoms with Crippen molar-refractivity contribution in [1.29, 1.82) is 0 Å². The smallest absolute Gasteiger partial charge is 0.311 e. The Morgan fingerprint density at radius 3 is 2.53 bits per heavy atom. The second kappa shape index (κ2) is 9.71. The normalized spacial score (nSPS) is 31.2. The minimum atomic E-state index is -0.819. The molecule has 3 aliphatic rings. The number of para-hydroxylation sites is 1. The Hall–Kier alpha value is -2.58. The van der Waals surface area contributed by atoms with Gasteiger partial charge in [-0.05, 0) is 51.7 Å². The van der Waals surface area contributed by atoms with Crippen LogP contribution in [0.15, 0.2) is 43.5 Å². The van der Waals surface area contributed by atoms with E-state index >= 15 is 0 Å². The Morgan fingerprint density at radius 2 is 1.94 bits per heavy atom. The summed E-state index contributed by atoms with van der Waals surface area (Å²) in [5.41, 5.74) is 2.70. The van der Waals surface area contributed by atoms with Crippen LogP contribution in [0.3, 0.4) is 0 Å². The Kier molecular flexibility index (Phi) is 7.14. The minimum Gasteiger partial charge on any atom is -0.461 e. The lowest BCUT2D eigenvalue weighted by Gasteiger charge is -2.39. The van der Waals surface area contributed by atoms with Crippen LogP contribution in [0.1, 0.15) is 37.8 Å². The average Bonchev–Trinajstić information content (AvgIpc) is 3.41. The third-order valence-electron chi connectivity index (χ3n) is 8.07. The van der Waals surface area contributed by atoms with Crippen LogP contribution in [0.2, 0.25) is 0 Å². The van der Waals surface area contributed by atoms with Gasteiger partial charge in [0.15, 0.2) is 0 Å². The Balaban J connectivity index is 1.84. The zero-order chi connectivity index (χ0) is 26.4. The number of carbonyl (C=O) groups excluding carboxylic acids is 3. The molecule has 1 N–H and O–H groups in total. The SMILES string of the molecule is C=CCOC(=O)[C@H]1[C@H]2C(=O)N([C@H](C)CO)C(C(=O)N(CC=C)c3c(C)cccc3C)C23CC[C@]1(C)S3. The molecule has 8 heteroatoms. The second-order valence-electron chi connectivity index (χ2n) is 10.4. The summed E-state index contributed by atoms with van der Waals surface area (Å²) in [4.78, 5) is 45.1. The van der Waals surface area contributed by atoms with Gasteiger partial charge in [-0.1, -0.05) is 36.9 Å². The van der Waals surface area contributed by atoms with Crippen molar-refractivity contribution in [1.82, 2.24) is 4.90 Å². The first-order chi connectivity index (χ1) is 17.1. The fourth-order valence-electron chi connectivity index (χ4n) is 6.59. The Morgan fingerprint density at radius 1 is 1.28 bits per heavy atom. The van der Waals surface area contributed by atoms with Gasteiger partial charge in [0.1, 0.15) is 12.6 Å². The van der Waals surface area contributed by atoms with E-state index in [2.05, 4.69) is 13.2 Å². The molecule has 3 saturated heterocycles. The van der Waals surface area contributed by atoms with Crippen molar-refractivity contribution < 1.29 is 24.2 Å². The van der Waals surface area contributed by atoms with E-state index in [0.29, 0.717) is 12.8 Å². The topological polar surface area (TPSA) is 87.1 Å². The number of anilines is 1. The lowest BCUT2D eigenvalue weighted by Crippen LogP contribution is -2.57. The maximum atomic E-state index is 14.6. The molecule has 194 valence electrons. The van der Waals surface area contributed by atoms with Crippen LogP contribution in [0, 0.1) is 25.7 Å². The number of esters is 1. The molecule has 6 atom stereocenters. The summed E-state index contributed by atoms with van der Waals surface area (Å²) in [6.07, 6.45) is 4.53. The lowest BCUT2D eigenvalue weighted by molar-refractivity contribution is -0.155. The van der Waals surface area contributed by atoms with Gasteiger partial charge in [0.05, 0.1) is 29.2 Å². The van der Waals surface area contributed by atoms with Gasteiger partial charge in [-0.25, -0.2) is 0 Å². The Bertz CT molecular complexity index is 1090. The fourth-order valence-corrected chi connectivity index (χ4v) is 8.92. The minimum absolute atomic E-state index is 0.0722. The molecule has 3 heterocycles. The molecule has 4 rings (SSSR count). The first-order valence-electron chi connectivity index (χ1n) is 12.5. The van der Waals surface area contributed by atoms with Crippen molar-refractivity contribution in [3.63, 3.8) is 0 Å². The number of likely N-dealkylation sites (tertiary alicyclic amines) is 1. The van der Waals surface area contributed by atoms with Crippen LogP contribution in [-0.2, 0) is 19.1 Å². The Labute approximate surface area is 217 Å². The number of benzene rings is 1. The molecule has 0 saturated carbocycles. The number of aryl methyl sites for hydroxylation is 2. The van der Waals surface area contributed by atoms with Crippen molar-refractivity contribution in [3.8, 4) is 0 Å². The van der Waals surface area contributed by atoms with Crippen molar-refractivity contribution in [2.75, 3.05) is 24.7 Å². The second-order valence-corrected chi connectivity index (χ2v) is 12.3. The van der Waals surface area contributed by atoms with Gasteiger partial charge < -0.3 is 19.6 Å². The van der Waals surface area contributed by atoms with E-state index in [4.69, 9.17) is 4.74 Å². The highest BCUT2D eigenvalue weighted by molar-refractivity contribution is 8.02. The molecule has 1 aromatic rings. The number of ether oxygens (including phenoxy) is 1. The quantitative estimate of drug-likeness (QED) is 0.403. The van der Waals surface area contributed by atoms with Crippen LogP contribution in [-0.4, -0.2) is 69.1 Å². The summed E-state index contributed by atoms with van der Waals surface area (Å²) in [6.45, 7) is 15.2. The predicted octanol–water partition coefficient (Wildman–Crippen LogP) is 3.41. The molecule has 1 aromatic carbocycles. The highest BCUT2D eigenvalue weighted by Crippen LogP contribution is 2.71. The number of hydrogen-bond donors (Lipinski definition) is 1. The number of aliphatic hydroxyl groups is 1. The molecule has 36 heavy (non-hydrogen) atoms. The van der Waals surface area contributed by atoms with E-state index < -0.39 is 39.4 Å². The van der Waals surface area contributed by atoms with Gasteiger partial charge in [0.25, 0.3) is 5.91 Å². The van der Waals surface area contributed by atoms with Crippen molar-refractivity contribution in [2.45, 2.75) is 62.1 Å². The summed E-state index contributed by atoms with van der Waals surface area (Å²) < 4.78 is 4.17. The van der Waals surface area contributed by atoms with E-state index in [1.807, 2.05) is 39.0 Å². The zero-order valence-corrected chi connectivity index (χ0v) is 22.3. The molecule has 7 nitrogen and oxygen atoms in total. The van der Waals surface area contributed by atoms with Crippen LogP contribution in [0.4, 0.5) is 5.69 Å². The standard InChI is InChI=1S/C28H36N2O5S/c1-7-14-29(22-17(3)10-9-11-18(22)4)25(33)23-28-13-12-27(6,36-28)21(26(34)35-15-8-2)20(28)24(32)30(23)19(5)16-31/h7-11,19-21,23,31H,1-2,12-16H2,3-6H3/t19-,20+,21-,23?,27+,28?/m1/s1. The molecule has 0 radical (unpaired) electrons. The van der Waals surface area contributed by atoms with Crippen molar-refractivity contribution in [3.05, 3.63) is 54.6 Å². The summed E-state index contributed by atoms with van der Waals surface area (Å²) in [5.74, 6) is -2.24. The third kappa shape index (κ3) is 3.80. The molecular weight excluding hydrogens is 476 g/mol. The molecule has 2 amide bonds. The zero-order valence-electron chi connectivity index (χ0n) is 21.5. The number of hydrogen-bond acceptors (Lipinski definition) is 6. The number of carbonyl (C=O) groups is 3. The van der Waals surface area contributed by atoms with Gasteiger partial charge in [-0.3, -0.25) is 14.4 Å². The average molecular weight is 513 g/mol. The molecular formula is C28H36N2O5S. The van der Waals surface area contributed by atoms with Gasteiger partial charge >= 0.3 is 5.97 Å². The molecule has 2 bridgehead atoms. The summed E-state index contributed by atoms with van der Waals surface area (Å²) >= 11 is 1.59. The maximum Gasteiger partial charge on any atom is 0.311 e. The van der Waals surface area contributed by atoms with Gasteiger partial charge in [-0.2, -0.15) is 0 Å².